The molecule has 0 aromatic heterocycles. The first-order chi connectivity index (χ1) is 15.1. The van der Waals surface area contributed by atoms with Gasteiger partial charge in [0.25, 0.3) is 0 Å². The normalized spacial score (nSPS) is 18.9. The largest absolute Gasteiger partial charge is 0.466 e. The van der Waals surface area contributed by atoms with Gasteiger partial charge in [0.15, 0.2) is 5.96 Å². The van der Waals surface area contributed by atoms with Crippen LogP contribution in [0.4, 0.5) is 0 Å². The Morgan fingerprint density at radius 1 is 0.935 bits per heavy atom. The van der Waals surface area contributed by atoms with Gasteiger partial charge in [-0.1, -0.05) is 12.8 Å². The maximum atomic E-state index is 12.7. The van der Waals surface area contributed by atoms with Crippen molar-refractivity contribution >= 4 is 17.8 Å². The van der Waals surface area contributed by atoms with Crippen LogP contribution in [0.25, 0.3) is 0 Å². The van der Waals surface area contributed by atoms with Crippen LogP contribution in [0, 0.1) is 0 Å². The van der Waals surface area contributed by atoms with Crippen LogP contribution in [0.15, 0.2) is 4.99 Å². The second-order valence-electron chi connectivity index (χ2n) is 8.44. The van der Waals surface area contributed by atoms with Gasteiger partial charge in [0.2, 0.25) is 5.91 Å². The minimum absolute atomic E-state index is 0.0330. The highest BCUT2D eigenvalue weighted by Crippen LogP contribution is 2.14. The fraction of sp³-hybridized carbons (Fsp3) is 0.870. The van der Waals surface area contributed by atoms with Gasteiger partial charge in [-0.2, -0.15) is 0 Å². The molecule has 8 heteroatoms. The number of carbonyl (C=O) groups excluding carboxylic acids is 2. The fourth-order valence-electron chi connectivity index (χ4n) is 4.26. The van der Waals surface area contributed by atoms with Crippen LogP contribution in [0.3, 0.4) is 0 Å². The van der Waals surface area contributed by atoms with Crippen molar-refractivity contribution in [3.05, 3.63) is 0 Å². The lowest BCUT2D eigenvalue weighted by Crippen LogP contribution is -2.57. The number of esters is 1. The molecule has 1 N–H and O–H groups in total. The number of guanidine groups is 1. The maximum Gasteiger partial charge on any atom is 0.305 e. The van der Waals surface area contributed by atoms with Crippen LogP contribution in [0.5, 0.6) is 0 Å². The highest BCUT2D eigenvalue weighted by Gasteiger charge is 2.30. The SMILES string of the molecule is CCNC(=NCCCCCCC(=O)OCC)N1CCN(C(C)C(=O)N2CCCC2)CC1. The van der Waals surface area contributed by atoms with Gasteiger partial charge in [-0.3, -0.25) is 19.5 Å². The lowest BCUT2D eigenvalue weighted by atomic mass is 10.1. The predicted molar refractivity (Wildman–Crippen MR) is 124 cm³/mol. The summed E-state index contributed by atoms with van der Waals surface area (Å²) in [6, 6.07) is -0.0330. The number of hydrogen-bond acceptors (Lipinski definition) is 5. The molecule has 0 radical (unpaired) electrons. The number of unbranched alkanes of at least 4 members (excludes halogenated alkanes) is 3. The molecule has 1 atom stereocenters. The lowest BCUT2D eigenvalue weighted by Gasteiger charge is -2.39. The predicted octanol–water partition coefficient (Wildman–Crippen LogP) is 2.09. The Labute approximate surface area is 188 Å². The number of rotatable bonds is 11. The van der Waals surface area contributed by atoms with E-state index in [1.54, 1.807) is 0 Å². The Bertz CT molecular complexity index is 570. The summed E-state index contributed by atoms with van der Waals surface area (Å²) in [5, 5.41) is 3.42. The average Bonchev–Trinajstić information content (AvgIpc) is 3.32. The number of carbonyl (C=O) groups is 2. The summed E-state index contributed by atoms with van der Waals surface area (Å²) in [6.45, 7) is 13.5. The van der Waals surface area contributed by atoms with Gasteiger partial charge in [0.05, 0.1) is 12.6 Å². The molecule has 178 valence electrons. The van der Waals surface area contributed by atoms with Crippen molar-refractivity contribution in [3.63, 3.8) is 0 Å². The molecule has 2 rings (SSSR count). The van der Waals surface area contributed by atoms with Crippen LogP contribution in [0.2, 0.25) is 0 Å². The highest BCUT2D eigenvalue weighted by atomic mass is 16.5. The first-order valence-electron chi connectivity index (χ1n) is 12.3. The number of nitrogens with one attached hydrogen (secondary N) is 1. The zero-order valence-electron chi connectivity index (χ0n) is 19.9. The molecule has 2 heterocycles. The number of likely N-dealkylation sites (tertiary alicyclic amines) is 1. The van der Waals surface area contributed by atoms with E-state index in [0.29, 0.717) is 13.0 Å². The third kappa shape index (κ3) is 8.67. The summed E-state index contributed by atoms with van der Waals surface area (Å²) in [4.78, 5) is 35.5. The number of ether oxygens (including phenoxy) is 1. The summed E-state index contributed by atoms with van der Waals surface area (Å²) < 4.78 is 4.96. The molecule has 2 aliphatic heterocycles. The first-order valence-corrected chi connectivity index (χ1v) is 12.3. The van der Waals surface area contributed by atoms with E-state index in [-0.39, 0.29) is 17.9 Å². The van der Waals surface area contributed by atoms with E-state index in [0.717, 1.165) is 96.8 Å². The second kappa shape index (κ2) is 14.3. The van der Waals surface area contributed by atoms with Gasteiger partial charge >= 0.3 is 5.97 Å². The van der Waals surface area contributed by atoms with Crippen molar-refractivity contribution in [3.8, 4) is 0 Å². The smallest absolute Gasteiger partial charge is 0.305 e. The van der Waals surface area contributed by atoms with Crippen molar-refractivity contribution in [2.24, 2.45) is 4.99 Å². The van der Waals surface area contributed by atoms with Crippen molar-refractivity contribution in [2.75, 3.05) is 59.0 Å². The number of piperazine rings is 1. The number of amides is 1. The summed E-state index contributed by atoms with van der Waals surface area (Å²) in [6.07, 6.45) is 6.82. The molecular formula is C23H43N5O3. The van der Waals surface area contributed by atoms with Crippen LogP contribution in [0.1, 0.15) is 65.7 Å². The molecule has 0 aromatic rings. The minimum atomic E-state index is -0.0921. The summed E-state index contributed by atoms with van der Waals surface area (Å²) >= 11 is 0. The molecule has 0 saturated carbocycles. The molecule has 1 unspecified atom stereocenters. The molecule has 31 heavy (non-hydrogen) atoms. The zero-order chi connectivity index (χ0) is 22.5. The van der Waals surface area contributed by atoms with Crippen molar-refractivity contribution < 1.29 is 14.3 Å². The fourth-order valence-corrected chi connectivity index (χ4v) is 4.26. The quantitative estimate of drug-likeness (QED) is 0.231. The van der Waals surface area contributed by atoms with Crippen LogP contribution >= 0.6 is 0 Å². The summed E-state index contributed by atoms with van der Waals surface area (Å²) in [7, 11) is 0. The van der Waals surface area contributed by atoms with Crippen molar-refractivity contribution in [2.45, 2.75) is 71.8 Å². The van der Waals surface area contributed by atoms with E-state index < -0.39 is 0 Å². The van der Waals surface area contributed by atoms with Gasteiger partial charge < -0.3 is 19.9 Å². The monoisotopic (exact) mass is 437 g/mol. The van der Waals surface area contributed by atoms with Gasteiger partial charge in [0.1, 0.15) is 0 Å². The third-order valence-electron chi connectivity index (χ3n) is 6.13. The molecule has 0 bridgehead atoms. The Balaban J connectivity index is 1.69. The molecule has 0 spiro atoms. The molecule has 0 aliphatic carbocycles. The molecule has 2 fully saturated rings. The van der Waals surface area contributed by atoms with E-state index in [9.17, 15) is 9.59 Å². The molecule has 1 amide bonds. The molecule has 8 nitrogen and oxygen atoms in total. The Morgan fingerprint density at radius 2 is 1.61 bits per heavy atom. The number of hydrogen-bond donors (Lipinski definition) is 1. The minimum Gasteiger partial charge on any atom is -0.466 e. The van der Waals surface area contributed by atoms with Crippen LogP contribution in [-0.4, -0.2) is 97.5 Å². The highest BCUT2D eigenvalue weighted by molar-refractivity contribution is 5.82. The molecule has 0 aromatic carbocycles. The van der Waals surface area contributed by atoms with Gasteiger partial charge in [-0.15, -0.1) is 0 Å². The van der Waals surface area contributed by atoms with Gasteiger partial charge in [0, 0.05) is 58.8 Å². The standard InChI is InChI=1S/C23H43N5O3/c1-4-24-23(25-13-9-7-6-8-12-21(29)31-5-2)28-18-16-26(17-19-28)20(3)22(30)27-14-10-11-15-27/h20H,4-19H2,1-3H3,(H,24,25). The Kier molecular flexibility index (Phi) is 11.7. The summed E-state index contributed by atoms with van der Waals surface area (Å²) in [5.74, 6) is 1.17. The van der Waals surface area contributed by atoms with Gasteiger partial charge in [-0.25, -0.2) is 0 Å². The summed E-state index contributed by atoms with van der Waals surface area (Å²) in [5.41, 5.74) is 0. The number of nitrogens with zero attached hydrogens (tertiary/aromatic N) is 4. The zero-order valence-corrected chi connectivity index (χ0v) is 19.9. The molecule has 2 saturated heterocycles. The van der Waals surface area contributed by atoms with E-state index in [4.69, 9.17) is 9.73 Å². The Morgan fingerprint density at radius 3 is 2.26 bits per heavy atom. The van der Waals surface area contributed by atoms with E-state index in [1.165, 1.54) is 0 Å². The average molecular weight is 438 g/mol. The first kappa shape index (κ1) is 25.4. The van der Waals surface area contributed by atoms with Crippen LogP contribution < -0.4 is 5.32 Å². The third-order valence-corrected chi connectivity index (χ3v) is 6.13. The van der Waals surface area contributed by atoms with E-state index in [2.05, 4.69) is 29.0 Å². The molecular weight excluding hydrogens is 394 g/mol. The van der Waals surface area contributed by atoms with Crippen molar-refractivity contribution in [1.82, 2.24) is 20.0 Å². The second-order valence-corrected chi connectivity index (χ2v) is 8.44. The number of aliphatic imine (C=N–C) groups is 1. The van der Waals surface area contributed by atoms with E-state index in [1.807, 2.05) is 11.8 Å². The van der Waals surface area contributed by atoms with Crippen LogP contribution in [-0.2, 0) is 14.3 Å². The van der Waals surface area contributed by atoms with E-state index >= 15 is 0 Å². The lowest BCUT2D eigenvalue weighted by molar-refractivity contribution is -0.143. The van der Waals surface area contributed by atoms with Gasteiger partial charge in [-0.05, 0) is 46.5 Å². The van der Waals surface area contributed by atoms with Crippen molar-refractivity contribution in [1.29, 1.82) is 0 Å². The Hall–Kier alpha value is -1.83. The topological polar surface area (TPSA) is 77.5 Å². The maximum absolute atomic E-state index is 12.7. The molecule has 2 aliphatic rings.